The standard InChI is InChI=1S/C17H14FNO2/c1-17(2)9-11-4-3-5-15(16(11)21-17)20-14-7-6-13(18)8-12(14)10-19/h3-8H,9H2,1-2H3. The predicted octanol–water partition coefficient (Wildman–Crippen LogP) is 4.20. The van der Waals surface area contributed by atoms with E-state index in [1.165, 1.54) is 12.1 Å². The van der Waals surface area contributed by atoms with E-state index in [0.717, 1.165) is 18.1 Å². The SMILES string of the molecule is CC1(C)Cc2cccc(Oc3ccc(F)cc3C#N)c2O1. The first kappa shape index (κ1) is 13.4. The topological polar surface area (TPSA) is 42.2 Å². The fraction of sp³-hybridized carbons (Fsp3) is 0.235. The highest BCUT2D eigenvalue weighted by Gasteiger charge is 2.32. The van der Waals surface area contributed by atoms with Gasteiger partial charge in [0.15, 0.2) is 11.5 Å². The summed E-state index contributed by atoms with van der Waals surface area (Å²) in [7, 11) is 0. The average Bonchev–Trinajstić information content (AvgIpc) is 2.75. The summed E-state index contributed by atoms with van der Waals surface area (Å²) in [6.07, 6.45) is 0.800. The molecule has 21 heavy (non-hydrogen) atoms. The van der Waals surface area contributed by atoms with Crippen LogP contribution in [0.4, 0.5) is 4.39 Å². The Hall–Kier alpha value is -2.54. The number of hydrogen-bond acceptors (Lipinski definition) is 3. The normalized spacial score (nSPS) is 15.0. The van der Waals surface area contributed by atoms with Crippen LogP contribution in [-0.2, 0) is 6.42 Å². The third-order valence-electron chi connectivity index (χ3n) is 3.34. The monoisotopic (exact) mass is 283 g/mol. The second-order valence-corrected chi connectivity index (χ2v) is 5.64. The Morgan fingerprint density at radius 2 is 2.05 bits per heavy atom. The first-order valence-electron chi connectivity index (χ1n) is 6.67. The zero-order valence-corrected chi connectivity index (χ0v) is 11.8. The van der Waals surface area contributed by atoms with Crippen molar-refractivity contribution in [3.8, 4) is 23.3 Å². The predicted molar refractivity (Wildman–Crippen MR) is 76.0 cm³/mol. The molecule has 0 saturated heterocycles. The van der Waals surface area contributed by atoms with Crippen molar-refractivity contribution < 1.29 is 13.9 Å². The highest BCUT2D eigenvalue weighted by atomic mass is 19.1. The minimum Gasteiger partial charge on any atom is -0.483 e. The van der Waals surface area contributed by atoms with Gasteiger partial charge < -0.3 is 9.47 Å². The lowest BCUT2D eigenvalue weighted by Gasteiger charge is -2.18. The minimum absolute atomic E-state index is 0.157. The van der Waals surface area contributed by atoms with E-state index in [1.54, 1.807) is 6.07 Å². The van der Waals surface area contributed by atoms with Crippen LogP contribution in [0.25, 0.3) is 0 Å². The van der Waals surface area contributed by atoms with Gasteiger partial charge in [-0.25, -0.2) is 4.39 Å². The summed E-state index contributed by atoms with van der Waals surface area (Å²) in [5.74, 6) is 1.09. The van der Waals surface area contributed by atoms with E-state index >= 15 is 0 Å². The lowest BCUT2D eigenvalue weighted by atomic mass is 10.0. The molecule has 0 bridgehead atoms. The molecule has 0 aliphatic carbocycles. The Morgan fingerprint density at radius 3 is 2.81 bits per heavy atom. The lowest BCUT2D eigenvalue weighted by molar-refractivity contribution is 0.135. The molecule has 0 N–H and O–H groups in total. The number of ether oxygens (including phenoxy) is 2. The largest absolute Gasteiger partial charge is 0.483 e. The van der Waals surface area contributed by atoms with E-state index in [0.29, 0.717) is 17.2 Å². The molecule has 1 aliphatic rings. The van der Waals surface area contributed by atoms with Crippen LogP contribution in [-0.4, -0.2) is 5.60 Å². The second kappa shape index (κ2) is 4.78. The lowest BCUT2D eigenvalue weighted by Crippen LogP contribution is -2.24. The summed E-state index contributed by atoms with van der Waals surface area (Å²) >= 11 is 0. The molecular weight excluding hydrogens is 269 g/mol. The summed E-state index contributed by atoms with van der Waals surface area (Å²) < 4.78 is 24.9. The molecular formula is C17H14FNO2. The first-order chi connectivity index (χ1) is 9.98. The van der Waals surface area contributed by atoms with Gasteiger partial charge in [0.25, 0.3) is 0 Å². The number of fused-ring (bicyclic) bond motifs is 1. The summed E-state index contributed by atoms with van der Waals surface area (Å²) in [5, 5.41) is 9.07. The zero-order valence-electron chi connectivity index (χ0n) is 11.8. The molecule has 4 heteroatoms. The van der Waals surface area contributed by atoms with Crippen molar-refractivity contribution in [2.75, 3.05) is 0 Å². The van der Waals surface area contributed by atoms with Gasteiger partial charge in [0.05, 0.1) is 5.56 Å². The molecule has 0 spiro atoms. The molecule has 0 atom stereocenters. The van der Waals surface area contributed by atoms with E-state index in [9.17, 15) is 4.39 Å². The van der Waals surface area contributed by atoms with Gasteiger partial charge >= 0.3 is 0 Å². The number of nitriles is 1. The average molecular weight is 283 g/mol. The van der Waals surface area contributed by atoms with E-state index in [4.69, 9.17) is 14.7 Å². The Kier molecular flexibility index (Phi) is 3.06. The maximum absolute atomic E-state index is 13.2. The van der Waals surface area contributed by atoms with Crippen LogP contribution in [0, 0.1) is 17.1 Å². The van der Waals surface area contributed by atoms with Crippen molar-refractivity contribution in [1.82, 2.24) is 0 Å². The number of nitrogens with zero attached hydrogens (tertiary/aromatic N) is 1. The van der Waals surface area contributed by atoms with Crippen molar-refractivity contribution in [3.63, 3.8) is 0 Å². The smallest absolute Gasteiger partial charge is 0.169 e. The van der Waals surface area contributed by atoms with Crippen LogP contribution in [0.5, 0.6) is 17.2 Å². The van der Waals surface area contributed by atoms with Crippen LogP contribution in [0.2, 0.25) is 0 Å². The number of hydrogen-bond donors (Lipinski definition) is 0. The van der Waals surface area contributed by atoms with Gasteiger partial charge in [0.1, 0.15) is 23.2 Å². The molecule has 2 aromatic rings. The molecule has 0 radical (unpaired) electrons. The maximum Gasteiger partial charge on any atom is 0.169 e. The van der Waals surface area contributed by atoms with Gasteiger partial charge in [-0.3, -0.25) is 0 Å². The molecule has 0 unspecified atom stereocenters. The maximum atomic E-state index is 13.2. The van der Waals surface area contributed by atoms with Crippen LogP contribution in [0.1, 0.15) is 25.0 Å². The van der Waals surface area contributed by atoms with Gasteiger partial charge in [-0.2, -0.15) is 5.26 Å². The van der Waals surface area contributed by atoms with Crippen LogP contribution < -0.4 is 9.47 Å². The fourth-order valence-electron chi connectivity index (χ4n) is 2.46. The van der Waals surface area contributed by atoms with Gasteiger partial charge in [-0.1, -0.05) is 12.1 Å². The van der Waals surface area contributed by atoms with E-state index in [2.05, 4.69) is 0 Å². The highest BCUT2D eigenvalue weighted by molar-refractivity contribution is 5.53. The summed E-state index contributed by atoms with van der Waals surface area (Å²) in [5.41, 5.74) is 0.950. The van der Waals surface area contributed by atoms with Crippen LogP contribution in [0.15, 0.2) is 36.4 Å². The quantitative estimate of drug-likeness (QED) is 0.829. The number of para-hydroxylation sites is 1. The number of rotatable bonds is 2. The van der Waals surface area contributed by atoms with Gasteiger partial charge in [-0.15, -0.1) is 0 Å². The van der Waals surface area contributed by atoms with Crippen LogP contribution in [0.3, 0.4) is 0 Å². The van der Waals surface area contributed by atoms with Crippen molar-refractivity contribution in [2.45, 2.75) is 25.9 Å². The molecule has 0 saturated carbocycles. The molecule has 3 nitrogen and oxygen atoms in total. The van der Waals surface area contributed by atoms with Gasteiger partial charge in [0.2, 0.25) is 0 Å². The molecule has 106 valence electrons. The van der Waals surface area contributed by atoms with Gasteiger partial charge in [-0.05, 0) is 38.1 Å². The van der Waals surface area contributed by atoms with E-state index in [-0.39, 0.29) is 11.2 Å². The first-order valence-corrected chi connectivity index (χ1v) is 6.67. The third kappa shape index (κ3) is 2.55. The molecule has 1 heterocycles. The molecule has 0 aromatic heterocycles. The Morgan fingerprint density at radius 1 is 1.24 bits per heavy atom. The zero-order chi connectivity index (χ0) is 15.0. The highest BCUT2D eigenvalue weighted by Crippen LogP contribution is 2.43. The van der Waals surface area contributed by atoms with Crippen LogP contribution >= 0.6 is 0 Å². The molecule has 0 fully saturated rings. The molecule has 1 aliphatic heterocycles. The van der Waals surface area contributed by atoms with E-state index < -0.39 is 5.82 Å². The van der Waals surface area contributed by atoms with Crippen molar-refractivity contribution in [2.24, 2.45) is 0 Å². The minimum atomic E-state index is -0.463. The summed E-state index contributed by atoms with van der Waals surface area (Å²) in [6, 6.07) is 11.5. The summed E-state index contributed by atoms with van der Waals surface area (Å²) in [4.78, 5) is 0. The fourth-order valence-corrected chi connectivity index (χ4v) is 2.46. The van der Waals surface area contributed by atoms with Crippen molar-refractivity contribution in [1.29, 1.82) is 5.26 Å². The van der Waals surface area contributed by atoms with Gasteiger partial charge in [0, 0.05) is 12.0 Å². The Balaban J connectivity index is 1.98. The second-order valence-electron chi connectivity index (χ2n) is 5.64. The van der Waals surface area contributed by atoms with Crippen molar-refractivity contribution >= 4 is 0 Å². The molecule has 3 rings (SSSR count). The summed E-state index contributed by atoms with van der Waals surface area (Å²) in [6.45, 7) is 4.02. The Labute approximate surface area is 122 Å². The Bertz CT molecular complexity index is 747. The third-order valence-corrected chi connectivity index (χ3v) is 3.34. The molecule has 2 aromatic carbocycles. The van der Waals surface area contributed by atoms with Crippen molar-refractivity contribution in [3.05, 3.63) is 53.3 Å². The van der Waals surface area contributed by atoms with E-state index in [1.807, 2.05) is 32.0 Å². The number of halogens is 1. The molecule has 0 amide bonds. The number of benzene rings is 2.